The van der Waals surface area contributed by atoms with Crippen LogP contribution in [0.1, 0.15) is 27.0 Å². The highest BCUT2D eigenvalue weighted by Gasteiger charge is 2.18. The summed E-state index contributed by atoms with van der Waals surface area (Å²) in [6.45, 7) is 0. The number of carbonyl (C=O) groups excluding carboxylic acids is 3. The average molecular weight is 415 g/mol. The highest BCUT2D eigenvalue weighted by atomic mass is 32.1. The number of primary amides is 1. The first-order valence-electron chi connectivity index (χ1n) is 8.35. The van der Waals surface area contributed by atoms with E-state index in [1.54, 1.807) is 36.4 Å². The smallest absolute Gasteiger partial charge is 0.312 e. The molecular formula is C19H18N4O3S2. The van der Waals surface area contributed by atoms with E-state index in [4.69, 9.17) is 5.73 Å². The lowest BCUT2D eigenvalue weighted by Crippen LogP contribution is -2.34. The Bertz CT molecular complexity index is 955. The zero-order chi connectivity index (χ0) is 19.9. The molecule has 0 aliphatic heterocycles. The van der Waals surface area contributed by atoms with E-state index in [0.29, 0.717) is 16.3 Å². The van der Waals surface area contributed by atoms with Crippen molar-refractivity contribution < 1.29 is 14.4 Å². The van der Waals surface area contributed by atoms with Gasteiger partial charge in [0.1, 0.15) is 0 Å². The van der Waals surface area contributed by atoms with Crippen molar-refractivity contribution in [3.8, 4) is 0 Å². The van der Waals surface area contributed by atoms with Gasteiger partial charge in [-0.25, -0.2) is 4.79 Å². The van der Waals surface area contributed by atoms with Crippen LogP contribution in [0.4, 0.5) is 16.2 Å². The molecule has 0 aliphatic carbocycles. The quantitative estimate of drug-likeness (QED) is 0.471. The van der Waals surface area contributed by atoms with Crippen LogP contribution in [0.15, 0.2) is 59.3 Å². The summed E-state index contributed by atoms with van der Waals surface area (Å²) < 4.78 is 0. The van der Waals surface area contributed by atoms with E-state index in [9.17, 15) is 14.4 Å². The van der Waals surface area contributed by atoms with Crippen molar-refractivity contribution in [2.75, 3.05) is 10.6 Å². The van der Waals surface area contributed by atoms with Crippen LogP contribution in [-0.2, 0) is 4.79 Å². The van der Waals surface area contributed by atoms with E-state index in [1.165, 1.54) is 22.7 Å². The first-order chi connectivity index (χ1) is 13.5. The molecule has 1 atom stereocenters. The molecule has 144 valence electrons. The van der Waals surface area contributed by atoms with E-state index in [0.717, 1.165) is 4.88 Å². The SMILES string of the molecule is NC(=O)NC(CC(=O)Nc1cccc(NC(=O)c2cccs2)c1)c1cccs1. The van der Waals surface area contributed by atoms with Crippen molar-refractivity contribution in [2.45, 2.75) is 12.5 Å². The average Bonchev–Trinajstić information content (AvgIpc) is 3.35. The molecule has 0 saturated carbocycles. The molecule has 0 spiro atoms. The van der Waals surface area contributed by atoms with Gasteiger partial charge in [0.2, 0.25) is 5.91 Å². The van der Waals surface area contributed by atoms with Crippen molar-refractivity contribution in [3.05, 3.63) is 69.0 Å². The summed E-state index contributed by atoms with van der Waals surface area (Å²) in [6, 6.07) is 12.9. The predicted molar refractivity (Wildman–Crippen MR) is 112 cm³/mol. The topological polar surface area (TPSA) is 113 Å². The third kappa shape index (κ3) is 5.41. The van der Waals surface area contributed by atoms with E-state index in [-0.39, 0.29) is 18.2 Å². The Balaban J connectivity index is 1.63. The number of hydrogen-bond donors (Lipinski definition) is 4. The van der Waals surface area contributed by atoms with Gasteiger partial charge in [-0.3, -0.25) is 9.59 Å². The van der Waals surface area contributed by atoms with E-state index in [2.05, 4.69) is 16.0 Å². The monoisotopic (exact) mass is 414 g/mol. The molecular weight excluding hydrogens is 396 g/mol. The Labute approximate surface area is 169 Å². The van der Waals surface area contributed by atoms with Crippen molar-refractivity contribution in [3.63, 3.8) is 0 Å². The van der Waals surface area contributed by atoms with Gasteiger partial charge in [-0.2, -0.15) is 0 Å². The number of nitrogens with one attached hydrogen (secondary N) is 3. The second kappa shape index (κ2) is 9.16. The Kier molecular flexibility index (Phi) is 6.41. The van der Waals surface area contributed by atoms with Crippen LogP contribution < -0.4 is 21.7 Å². The summed E-state index contributed by atoms with van der Waals surface area (Å²) in [5, 5.41) is 11.9. The summed E-state index contributed by atoms with van der Waals surface area (Å²) >= 11 is 2.78. The Morgan fingerprint density at radius 3 is 2.29 bits per heavy atom. The number of rotatable bonds is 7. The number of nitrogens with two attached hydrogens (primary N) is 1. The molecule has 3 rings (SSSR count). The van der Waals surface area contributed by atoms with Crippen molar-refractivity contribution in [1.29, 1.82) is 0 Å². The largest absolute Gasteiger partial charge is 0.352 e. The van der Waals surface area contributed by atoms with E-state index < -0.39 is 12.1 Å². The first kappa shape index (κ1) is 19.6. The van der Waals surface area contributed by atoms with E-state index in [1.807, 2.05) is 22.9 Å². The van der Waals surface area contributed by atoms with Gasteiger partial charge in [0, 0.05) is 16.3 Å². The predicted octanol–water partition coefficient (Wildman–Crippen LogP) is 3.80. The standard InChI is InChI=1S/C19H18N4O3S2/c20-19(26)23-14(15-6-2-8-27-15)11-17(24)21-12-4-1-5-13(10-12)22-18(25)16-7-3-9-28-16/h1-10,14H,11H2,(H,21,24)(H,22,25)(H3,20,23,26). The van der Waals surface area contributed by atoms with Crippen LogP contribution in [0.5, 0.6) is 0 Å². The fourth-order valence-electron chi connectivity index (χ4n) is 2.56. The highest BCUT2D eigenvalue weighted by Crippen LogP contribution is 2.23. The van der Waals surface area contributed by atoms with Crippen molar-refractivity contribution >= 4 is 51.9 Å². The number of anilines is 2. The van der Waals surface area contributed by atoms with Crippen LogP contribution in [0.2, 0.25) is 0 Å². The van der Waals surface area contributed by atoms with Crippen LogP contribution in [0.3, 0.4) is 0 Å². The van der Waals surface area contributed by atoms with Crippen LogP contribution in [-0.4, -0.2) is 17.8 Å². The number of urea groups is 1. The summed E-state index contributed by atoms with van der Waals surface area (Å²) in [5.41, 5.74) is 6.33. The van der Waals surface area contributed by atoms with Crippen LogP contribution in [0.25, 0.3) is 0 Å². The molecule has 28 heavy (non-hydrogen) atoms. The second-order valence-electron chi connectivity index (χ2n) is 5.84. The summed E-state index contributed by atoms with van der Waals surface area (Å²) in [7, 11) is 0. The minimum Gasteiger partial charge on any atom is -0.352 e. The molecule has 9 heteroatoms. The van der Waals surface area contributed by atoms with Crippen LogP contribution in [0, 0.1) is 0 Å². The zero-order valence-electron chi connectivity index (χ0n) is 14.7. The van der Waals surface area contributed by atoms with Gasteiger partial charge in [-0.15, -0.1) is 22.7 Å². The lowest BCUT2D eigenvalue weighted by atomic mass is 10.1. The Hall–Kier alpha value is -3.17. The molecule has 3 aromatic rings. The highest BCUT2D eigenvalue weighted by molar-refractivity contribution is 7.12. The summed E-state index contributed by atoms with van der Waals surface area (Å²) in [5.74, 6) is -0.490. The first-order valence-corrected chi connectivity index (χ1v) is 10.1. The Morgan fingerprint density at radius 2 is 1.64 bits per heavy atom. The number of amides is 4. The number of thiophene rings is 2. The van der Waals surface area contributed by atoms with Gasteiger partial charge in [0.25, 0.3) is 5.91 Å². The second-order valence-corrected chi connectivity index (χ2v) is 7.77. The number of benzene rings is 1. The molecule has 1 aromatic carbocycles. The molecule has 5 N–H and O–H groups in total. The number of carbonyl (C=O) groups is 3. The van der Waals surface area contributed by atoms with Crippen molar-refractivity contribution in [1.82, 2.24) is 5.32 Å². The molecule has 0 aliphatic rings. The fourth-order valence-corrected chi connectivity index (χ4v) is 3.95. The number of hydrogen-bond acceptors (Lipinski definition) is 5. The van der Waals surface area contributed by atoms with Crippen molar-refractivity contribution in [2.24, 2.45) is 5.73 Å². The molecule has 2 aromatic heterocycles. The van der Waals surface area contributed by atoms with Gasteiger partial charge in [0.05, 0.1) is 17.3 Å². The molecule has 4 amide bonds. The molecule has 2 heterocycles. The third-order valence-electron chi connectivity index (χ3n) is 3.74. The van der Waals surface area contributed by atoms with E-state index >= 15 is 0 Å². The molecule has 0 saturated heterocycles. The maximum Gasteiger partial charge on any atom is 0.312 e. The summed E-state index contributed by atoms with van der Waals surface area (Å²) in [6.07, 6.45) is 0.0369. The molecule has 0 bridgehead atoms. The van der Waals surface area contributed by atoms with Gasteiger partial charge in [0.15, 0.2) is 0 Å². The van der Waals surface area contributed by atoms with Crippen LogP contribution >= 0.6 is 22.7 Å². The lowest BCUT2D eigenvalue weighted by Gasteiger charge is -2.16. The zero-order valence-corrected chi connectivity index (χ0v) is 16.3. The maximum absolute atomic E-state index is 12.4. The Morgan fingerprint density at radius 1 is 0.929 bits per heavy atom. The normalized spacial score (nSPS) is 11.4. The molecule has 0 fully saturated rings. The van der Waals surface area contributed by atoms with Gasteiger partial charge in [-0.1, -0.05) is 18.2 Å². The maximum atomic E-state index is 12.4. The van der Waals surface area contributed by atoms with Gasteiger partial charge < -0.3 is 21.7 Å². The van der Waals surface area contributed by atoms with Gasteiger partial charge >= 0.3 is 6.03 Å². The minimum atomic E-state index is -0.690. The third-order valence-corrected chi connectivity index (χ3v) is 5.60. The molecule has 1 unspecified atom stereocenters. The molecule has 7 nitrogen and oxygen atoms in total. The molecule has 0 radical (unpaired) electrons. The summed E-state index contributed by atoms with van der Waals surface area (Å²) in [4.78, 5) is 37.3. The fraction of sp³-hybridized carbons (Fsp3) is 0.105. The minimum absolute atomic E-state index is 0.0369. The lowest BCUT2D eigenvalue weighted by molar-refractivity contribution is -0.116. The van der Waals surface area contributed by atoms with Gasteiger partial charge in [-0.05, 0) is 41.1 Å².